The third-order valence-electron chi connectivity index (χ3n) is 4.34. The van der Waals surface area contributed by atoms with Gasteiger partial charge in [0, 0.05) is 11.6 Å². The van der Waals surface area contributed by atoms with Crippen LogP contribution in [-0.4, -0.2) is 24.9 Å². The second kappa shape index (κ2) is 7.96. The molecule has 1 aliphatic heterocycles. The first kappa shape index (κ1) is 19.0. The van der Waals surface area contributed by atoms with Gasteiger partial charge >= 0.3 is 5.97 Å². The Morgan fingerprint density at radius 1 is 1.07 bits per heavy atom. The van der Waals surface area contributed by atoms with Crippen molar-refractivity contribution in [2.24, 2.45) is 0 Å². The fraction of sp³-hybridized carbons (Fsp3) is 0.0455. The lowest BCUT2D eigenvalue weighted by molar-refractivity contribution is -0.117. The Kier molecular flexibility index (Phi) is 5.04. The molecule has 4 rings (SSSR count). The Morgan fingerprint density at radius 3 is 2.57 bits per heavy atom. The van der Waals surface area contributed by atoms with E-state index >= 15 is 0 Å². The largest absolute Gasteiger partial charge is 0.496 e. The maximum Gasteiger partial charge on any atom is 0.379 e. The number of hydrazine groups is 1. The molecule has 150 valence electrons. The van der Waals surface area contributed by atoms with Crippen molar-refractivity contribution in [2.45, 2.75) is 0 Å². The van der Waals surface area contributed by atoms with Gasteiger partial charge in [-0.3, -0.25) is 15.0 Å². The van der Waals surface area contributed by atoms with Crippen molar-refractivity contribution < 1.29 is 28.3 Å². The highest BCUT2D eigenvalue weighted by Crippen LogP contribution is 2.29. The van der Waals surface area contributed by atoms with E-state index in [-0.39, 0.29) is 17.1 Å². The van der Waals surface area contributed by atoms with Crippen molar-refractivity contribution in [1.82, 2.24) is 5.43 Å². The summed E-state index contributed by atoms with van der Waals surface area (Å²) in [7, 11) is 1.43. The van der Waals surface area contributed by atoms with Gasteiger partial charge in [0.05, 0.1) is 19.1 Å². The van der Waals surface area contributed by atoms with E-state index in [4.69, 9.17) is 13.9 Å². The van der Waals surface area contributed by atoms with E-state index in [1.54, 1.807) is 36.4 Å². The quantitative estimate of drug-likeness (QED) is 0.304. The fourth-order valence-corrected chi connectivity index (χ4v) is 2.90. The number of hydrogen-bond donors (Lipinski definition) is 1. The maximum absolute atomic E-state index is 12.7. The molecule has 1 N–H and O–H groups in total. The van der Waals surface area contributed by atoms with Crippen molar-refractivity contribution in [2.75, 3.05) is 12.1 Å². The first-order valence-electron chi connectivity index (χ1n) is 8.93. The van der Waals surface area contributed by atoms with Gasteiger partial charge in [0.25, 0.3) is 11.8 Å². The number of nitrogens with one attached hydrogen (secondary N) is 1. The highest BCUT2D eigenvalue weighted by atomic mass is 16.5. The molecule has 0 atom stereocenters. The predicted molar refractivity (Wildman–Crippen MR) is 107 cm³/mol. The molecule has 8 nitrogen and oxygen atoms in total. The molecule has 2 heterocycles. The zero-order chi connectivity index (χ0) is 21.1. The summed E-state index contributed by atoms with van der Waals surface area (Å²) in [5, 5.41) is 1.18. The number of hydrogen-bond acceptors (Lipinski definition) is 6. The van der Waals surface area contributed by atoms with Crippen LogP contribution in [0.5, 0.6) is 11.5 Å². The van der Waals surface area contributed by atoms with E-state index in [1.165, 1.54) is 42.7 Å². The highest BCUT2D eigenvalue weighted by Gasteiger charge is 2.34. The zero-order valence-corrected chi connectivity index (χ0v) is 15.8. The molecule has 1 fully saturated rings. The molecule has 1 aromatic heterocycles. The normalized spacial score (nSPS) is 14.7. The number of carbonyl (C=O) groups is 3. The number of rotatable bonds is 5. The van der Waals surface area contributed by atoms with Gasteiger partial charge in [-0.2, -0.15) is 0 Å². The van der Waals surface area contributed by atoms with Crippen LogP contribution in [0.15, 0.2) is 76.9 Å². The molecule has 1 aliphatic rings. The van der Waals surface area contributed by atoms with E-state index in [1.807, 2.05) is 6.07 Å². The number of furan rings is 1. The average Bonchev–Trinajstić information content (AvgIpc) is 3.40. The molecule has 8 heteroatoms. The fourth-order valence-electron chi connectivity index (χ4n) is 2.90. The minimum absolute atomic E-state index is 0.0440. The van der Waals surface area contributed by atoms with Crippen molar-refractivity contribution >= 4 is 29.5 Å². The third kappa shape index (κ3) is 3.66. The zero-order valence-electron chi connectivity index (χ0n) is 15.8. The summed E-state index contributed by atoms with van der Waals surface area (Å²) >= 11 is 0. The van der Waals surface area contributed by atoms with Crippen molar-refractivity contribution in [1.29, 1.82) is 0 Å². The Morgan fingerprint density at radius 2 is 1.87 bits per heavy atom. The van der Waals surface area contributed by atoms with Crippen LogP contribution in [0.4, 0.5) is 5.69 Å². The van der Waals surface area contributed by atoms with Crippen LogP contribution in [0.3, 0.4) is 0 Å². The van der Waals surface area contributed by atoms with Crippen molar-refractivity contribution in [3.05, 3.63) is 83.8 Å². The van der Waals surface area contributed by atoms with Crippen molar-refractivity contribution in [3.8, 4) is 11.5 Å². The Bertz CT molecular complexity index is 1140. The smallest absolute Gasteiger partial charge is 0.379 e. The lowest BCUT2D eigenvalue weighted by atomic mass is 10.1. The van der Waals surface area contributed by atoms with Gasteiger partial charge in [0.15, 0.2) is 0 Å². The summed E-state index contributed by atoms with van der Waals surface area (Å²) in [4.78, 5) is 37.1. The molecule has 3 aromatic rings. The number of benzene rings is 2. The second-order valence-electron chi connectivity index (χ2n) is 6.25. The first-order valence-corrected chi connectivity index (χ1v) is 8.93. The SMILES string of the molecule is COc1cc(OC(=O)c2ccco2)ccc1/C=C1/C(=O)NN(c2ccccc2)C1=O. The molecular formula is C22H16N2O6. The number of amides is 2. The number of methoxy groups -OCH3 is 1. The van der Waals surface area contributed by atoms with Crippen LogP contribution in [0.25, 0.3) is 6.08 Å². The summed E-state index contributed by atoms with van der Waals surface area (Å²) in [5.74, 6) is -1.05. The lowest BCUT2D eigenvalue weighted by Gasteiger charge is -2.14. The monoisotopic (exact) mass is 404 g/mol. The third-order valence-corrected chi connectivity index (χ3v) is 4.34. The van der Waals surface area contributed by atoms with Crippen molar-refractivity contribution in [3.63, 3.8) is 0 Å². The van der Waals surface area contributed by atoms with Crippen LogP contribution in [0.2, 0.25) is 0 Å². The van der Waals surface area contributed by atoms with Gasteiger partial charge in [-0.05, 0) is 42.5 Å². The van der Waals surface area contributed by atoms with Gasteiger partial charge in [-0.25, -0.2) is 9.80 Å². The summed E-state index contributed by atoms with van der Waals surface area (Å²) in [6, 6.07) is 16.4. The Labute approximate surface area is 171 Å². The Balaban J connectivity index is 1.59. The van der Waals surface area contributed by atoms with E-state index < -0.39 is 17.8 Å². The number of para-hydroxylation sites is 1. The van der Waals surface area contributed by atoms with Crippen LogP contribution in [-0.2, 0) is 9.59 Å². The van der Waals surface area contributed by atoms with Crippen LogP contribution in [0.1, 0.15) is 16.1 Å². The molecule has 0 spiro atoms. The molecule has 0 bridgehead atoms. The summed E-state index contributed by atoms with van der Waals surface area (Å²) in [6.45, 7) is 0. The molecule has 0 unspecified atom stereocenters. The van der Waals surface area contributed by atoms with E-state index in [0.29, 0.717) is 17.0 Å². The van der Waals surface area contributed by atoms with Gasteiger partial charge in [-0.1, -0.05) is 18.2 Å². The van der Waals surface area contributed by atoms with Crippen LogP contribution < -0.4 is 19.9 Å². The molecule has 0 aliphatic carbocycles. The highest BCUT2D eigenvalue weighted by molar-refractivity contribution is 6.31. The molecule has 2 amide bonds. The molecule has 2 aromatic carbocycles. The summed E-state index contributed by atoms with van der Waals surface area (Å²) in [6.07, 6.45) is 2.80. The van der Waals surface area contributed by atoms with E-state index in [0.717, 1.165) is 0 Å². The molecule has 1 saturated heterocycles. The number of nitrogens with zero attached hydrogens (tertiary/aromatic N) is 1. The van der Waals surface area contributed by atoms with Gasteiger partial charge in [0.1, 0.15) is 17.1 Å². The number of carbonyl (C=O) groups excluding carboxylic acids is 3. The number of esters is 1. The minimum atomic E-state index is -0.656. The second-order valence-corrected chi connectivity index (χ2v) is 6.25. The minimum Gasteiger partial charge on any atom is -0.496 e. The van der Waals surface area contributed by atoms with Crippen LogP contribution >= 0.6 is 0 Å². The van der Waals surface area contributed by atoms with Gasteiger partial charge in [-0.15, -0.1) is 0 Å². The number of ether oxygens (including phenoxy) is 2. The summed E-state index contributed by atoms with van der Waals surface area (Å²) < 4.78 is 15.6. The average molecular weight is 404 g/mol. The van der Waals surface area contributed by atoms with E-state index in [2.05, 4.69) is 5.43 Å². The summed E-state index contributed by atoms with van der Waals surface area (Å²) in [5.41, 5.74) is 3.52. The van der Waals surface area contributed by atoms with Gasteiger partial charge < -0.3 is 13.9 Å². The maximum atomic E-state index is 12.7. The van der Waals surface area contributed by atoms with Crippen LogP contribution in [0, 0.1) is 0 Å². The molecule has 0 saturated carbocycles. The molecular weight excluding hydrogens is 388 g/mol. The number of anilines is 1. The Hall–Kier alpha value is -4.33. The molecule has 0 radical (unpaired) electrons. The molecule has 30 heavy (non-hydrogen) atoms. The lowest BCUT2D eigenvalue weighted by Crippen LogP contribution is -2.35. The predicted octanol–water partition coefficient (Wildman–Crippen LogP) is 2.97. The van der Waals surface area contributed by atoms with Gasteiger partial charge in [0.2, 0.25) is 5.76 Å². The first-order chi connectivity index (χ1) is 14.6. The topological polar surface area (TPSA) is 98.1 Å². The standard InChI is InChI=1S/C22H16N2O6/c1-28-19-13-16(30-22(27)18-8-5-11-29-18)10-9-14(19)12-17-20(25)23-24(21(17)26)15-6-3-2-4-7-15/h2-13H,1H3,(H,23,25)/b17-12-. The van der Waals surface area contributed by atoms with E-state index in [9.17, 15) is 14.4 Å².